The summed E-state index contributed by atoms with van der Waals surface area (Å²) in [4.78, 5) is 16.7. The monoisotopic (exact) mass is 442 g/mol. The SMILES string of the molecule is CCOc1cc(OC)cc(-c2ccc(NC3(C(=O)O)CCOCC3)cc2COC2CC2)n1. The lowest BCUT2D eigenvalue weighted by Crippen LogP contribution is -2.50. The molecular weight excluding hydrogens is 412 g/mol. The van der Waals surface area contributed by atoms with Crippen molar-refractivity contribution in [2.75, 3.05) is 32.2 Å². The number of hydrogen-bond acceptors (Lipinski definition) is 7. The van der Waals surface area contributed by atoms with E-state index in [1.54, 1.807) is 13.2 Å². The van der Waals surface area contributed by atoms with Crippen LogP contribution in [0.2, 0.25) is 0 Å². The van der Waals surface area contributed by atoms with E-state index in [1.165, 1.54) is 0 Å². The Bertz CT molecular complexity index is 954. The molecule has 1 saturated carbocycles. The molecule has 172 valence electrons. The summed E-state index contributed by atoms with van der Waals surface area (Å²) in [5, 5.41) is 13.2. The van der Waals surface area contributed by atoms with Crippen LogP contribution in [0.25, 0.3) is 11.3 Å². The van der Waals surface area contributed by atoms with E-state index < -0.39 is 11.5 Å². The summed E-state index contributed by atoms with van der Waals surface area (Å²) in [5.74, 6) is 0.281. The first kappa shape index (κ1) is 22.4. The second-order valence-electron chi connectivity index (χ2n) is 8.17. The van der Waals surface area contributed by atoms with Crippen LogP contribution in [-0.4, -0.2) is 54.6 Å². The number of nitrogens with one attached hydrogen (secondary N) is 1. The van der Waals surface area contributed by atoms with Crippen molar-refractivity contribution in [3.63, 3.8) is 0 Å². The van der Waals surface area contributed by atoms with Crippen LogP contribution in [-0.2, 0) is 20.9 Å². The molecule has 0 spiro atoms. The van der Waals surface area contributed by atoms with E-state index in [2.05, 4.69) is 10.3 Å². The van der Waals surface area contributed by atoms with Gasteiger partial charge in [-0.15, -0.1) is 0 Å². The second-order valence-corrected chi connectivity index (χ2v) is 8.17. The minimum atomic E-state index is -1.04. The van der Waals surface area contributed by atoms with Gasteiger partial charge in [-0.2, -0.15) is 0 Å². The molecule has 0 bridgehead atoms. The van der Waals surface area contributed by atoms with E-state index in [0.29, 0.717) is 56.6 Å². The Morgan fingerprint density at radius 1 is 1.25 bits per heavy atom. The van der Waals surface area contributed by atoms with Gasteiger partial charge in [-0.05, 0) is 37.5 Å². The molecule has 4 rings (SSSR count). The molecule has 2 aromatic rings. The van der Waals surface area contributed by atoms with Crippen LogP contribution in [0.15, 0.2) is 30.3 Å². The number of nitrogens with zero attached hydrogens (tertiary/aromatic N) is 1. The predicted octanol–water partition coefficient (Wildman–Crippen LogP) is 3.88. The maximum Gasteiger partial charge on any atom is 0.329 e. The van der Waals surface area contributed by atoms with E-state index in [0.717, 1.165) is 29.7 Å². The van der Waals surface area contributed by atoms with Gasteiger partial charge < -0.3 is 29.4 Å². The third-order valence-corrected chi connectivity index (χ3v) is 5.82. The molecule has 2 N–H and O–H groups in total. The number of carbonyl (C=O) groups is 1. The third kappa shape index (κ3) is 5.14. The molecule has 1 aliphatic carbocycles. The predicted molar refractivity (Wildman–Crippen MR) is 119 cm³/mol. The van der Waals surface area contributed by atoms with Crippen LogP contribution in [0.5, 0.6) is 11.6 Å². The highest BCUT2D eigenvalue weighted by Gasteiger charge is 2.40. The molecule has 32 heavy (non-hydrogen) atoms. The topological polar surface area (TPSA) is 99.1 Å². The fourth-order valence-electron chi connectivity index (χ4n) is 3.83. The minimum Gasteiger partial charge on any atom is -0.496 e. The highest BCUT2D eigenvalue weighted by Crippen LogP contribution is 2.34. The van der Waals surface area contributed by atoms with Crippen molar-refractivity contribution in [1.82, 2.24) is 4.98 Å². The van der Waals surface area contributed by atoms with Gasteiger partial charge in [0.1, 0.15) is 11.3 Å². The number of carboxylic acid groups (broad SMARTS) is 1. The molecule has 1 aromatic carbocycles. The molecule has 1 aliphatic heterocycles. The molecular formula is C24H30N2O6. The van der Waals surface area contributed by atoms with E-state index in [-0.39, 0.29) is 6.10 Å². The Hall–Kier alpha value is -2.84. The molecule has 0 amide bonds. The lowest BCUT2D eigenvalue weighted by atomic mass is 9.89. The quantitative estimate of drug-likeness (QED) is 0.572. The van der Waals surface area contributed by atoms with E-state index in [4.69, 9.17) is 18.9 Å². The third-order valence-electron chi connectivity index (χ3n) is 5.82. The molecule has 2 fully saturated rings. The minimum absolute atomic E-state index is 0.289. The average Bonchev–Trinajstić information content (AvgIpc) is 3.63. The maximum absolute atomic E-state index is 12.1. The summed E-state index contributed by atoms with van der Waals surface area (Å²) in [6.45, 7) is 3.67. The maximum atomic E-state index is 12.1. The standard InChI is InChI=1S/C24H30N2O6/c1-3-31-22-14-19(29-2)13-21(25-22)20-7-4-17(12-16(20)15-32-18-5-6-18)26-24(23(27)28)8-10-30-11-9-24/h4,7,12-14,18,26H,3,5-6,8-11,15H2,1-2H3,(H,27,28). The zero-order valence-corrected chi connectivity index (χ0v) is 18.6. The summed E-state index contributed by atoms with van der Waals surface area (Å²) in [6, 6.07) is 9.41. The largest absolute Gasteiger partial charge is 0.496 e. The van der Waals surface area contributed by atoms with Crippen molar-refractivity contribution < 1.29 is 28.8 Å². The van der Waals surface area contributed by atoms with Crippen LogP contribution in [0.3, 0.4) is 0 Å². The van der Waals surface area contributed by atoms with Gasteiger partial charge in [0.15, 0.2) is 0 Å². The Kier molecular flexibility index (Phi) is 6.81. The number of aliphatic carboxylic acids is 1. The van der Waals surface area contributed by atoms with Gasteiger partial charge in [0, 0.05) is 49.4 Å². The van der Waals surface area contributed by atoms with Crippen molar-refractivity contribution in [3.05, 3.63) is 35.9 Å². The lowest BCUT2D eigenvalue weighted by molar-refractivity contribution is -0.145. The van der Waals surface area contributed by atoms with Crippen molar-refractivity contribution in [2.45, 2.75) is 50.9 Å². The van der Waals surface area contributed by atoms with E-state index in [1.807, 2.05) is 31.2 Å². The van der Waals surface area contributed by atoms with Crippen molar-refractivity contribution in [3.8, 4) is 22.9 Å². The Labute approximate surface area is 187 Å². The summed E-state index contributed by atoms with van der Waals surface area (Å²) in [6.07, 6.45) is 3.25. The Morgan fingerprint density at radius 3 is 2.69 bits per heavy atom. The smallest absolute Gasteiger partial charge is 0.329 e. The zero-order chi connectivity index (χ0) is 22.6. The fraction of sp³-hybridized carbons (Fsp3) is 0.500. The molecule has 1 saturated heterocycles. The summed E-state index contributed by atoms with van der Waals surface area (Å²) >= 11 is 0. The number of aromatic nitrogens is 1. The lowest BCUT2D eigenvalue weighted by Gasteiger charge is -2.35. The molecule has 8 heteroatoms. The van der Waals surface area contributed by atoms with Gasteiger partial charge in [-0.3, -0.25) is 0 Å². The first-order valence-corrected chi connectivity index (χ1v) is 11.1. The molecule has 1 aromatic heterocycles. The molecule has 0 radical (unpaired) electrons. The van der Waals surface area contributed by atoms with Crippen molar-refractivity contribution in [1.29, 1.82) is 0 Å². The summed E-state index contributed by atoms with van der Waals surface area (Å²) < 4.78 is 22.4. The molecule has 2 heterocycles. The van der Waals surface area contributed by atoms with Crippen LogP contribution in [0.4, 0.5) is 5.69 Å². The molecule has 2 aliphatic rings. The van der Waals surface area contributed by atoms with Gasteiger partial charge in [-0.1, -0.05) is 6.07 Å². The van der Waals surface area contributed by atoms with Crippen LogP contribution >= 0.6 is 0 Å². The van der Waals surface area contributed by atoms with Crippen LogP contribution in [0.1, 0.15) is 38.2 Å². The van der Waals surface area contributed by atoms with Gasteiger partial charge in [0.05, 0.1) is 32.1 Å². The number of ether oxygens (including phenoxy) is 4. The summed E-state index contributed by atoms with van der Waals surface area (Å²) in [7, 11) is 1.61. The molecule has 0 unspecified atom stereocenters. The number of pyridine rings is 1. The summed E-state index contributed by atoms with van der Waals surface area (Å²) in [5.41, 5.74) is 2.24. The van der Waals surface area contributed by atoms with E-state index in [9.17, 15) is 9.90 Å². The van der Waals surface area contributed by atoms with Gasteiger partial charge in [0.2, 0.25) is 5.88 Å². The van der Waals surface area contributed by atoms with Gasteiger partial charge in [0.25, 0.3) is 0 Å². The number of hydrogen-bond donors (Lipinski definition) is 2. The highest BCUT2D eigenvalue weighted by molar-refractivity contribution is 5.83. The zero-order valence-electron chi connectivity index (χ0n) is 18.6. The number of anilines is 1. The average molecular weight is 443 g/mol. The molecule has 0 atom stereocenters. The Balaban J connectivity index is 1.68. The normalized spacial score (nSPS) is 17.6. The first-order chi connectivity index (χ1) is 15.5. The number of methoxy groups -OCH3 is 1. The van der Waals surface area contributed by atoms with E-state index >= 15 is 0 Å². The van der Waals surface area contributed by atoms with Gasteiger partial charge in [-0.25, -0.2) is 9.78 Å². The van der Waals surface area contributed by atoms with Crippen molar-refractivity contribution in [2.24, 2.45) is 0 Å². The number of rotatable bonds is 10. The van der Waals surface area contributed by atoms with Gasteiger partial charge >= 0.3 is 5.97 Å². The number of carboxylic acids is 1. The Morgan fingerprint density at radius 2 is 2.03 bits per heavy atom. The highest BCUT2D eigenvalue weighted by atomic mass is 16.5. The molecule has 8 nitrogen and oxygen atoms in total. The van der Waals surface area contributed by atoms with Crippen molar-refractivity contribution >= 4 is 11.7 Å². The first-order valence-electron chi connectivity index (χ1n) is 11.1. The number of benzene rings is 1. The van der Waals surface area contributed by atoms with Crippen LogP contribution in [0, 0.1) is 0 Å². The second kappa shape index (κ2) is 9.75. The van der Waals surface area contributed by atoms with Crippen LogP contribution < -0.4 is 14.8 Å². The fourth-order valence-corrected chi connectivity index (χ4v) is 3.83.